The SMILES string of the molecule is CCC(C)c1ccccc1NC(=O)C(=O)Nc1cc(OC)ccc1OC. The summed E-state index contributed by atoms with van der Waals surface area (Å²) < 4.78 is 10.3. The molecule has 0 saturated heterocycles. The van der Waals surface area contributed by atoms with Gasteiger partial charge in [-0.25, -0.2) is 0 Å². The van der Waals surface area contributed by atoms with Gasteiger partial charge in [-0.2, -0.15) is 0 Å². The zero-order chi connectivity index (χ0) is 19.1. The van der Waals surface area contributed by atoms with Crippen LogP contribution in [0.3, 0.4) is 0 Å². The van der Waals surface area contributed by atoms with E-state index in [0.717, 1.165) is 12.0 Å². The molecule has 26 heavy (non-hydrogen) atoms. The van der Waals surface area contributed by atoms with E-state index in [9.17, 15) is 9.59 Å². The molecule has 0 radical (unpaired) electrons. The summed E-state index contributed by atoms with van der Waals surface area (Å²) in [6, 6.07) is 12.4. The fraction of sp³-hybridized carbons (Fsp3) is 0.300. The van der Waals surface area contributed by atoms with Gasteiger partial charge in [0.25, 0.3) is 0 Å². The van der Waals surface area contributed by atoms with Crippen molar-refractivity contribution in [3.05, 3.63) is 48.0 Å². The van der Waals surface area contributed by atoms with Crippen LogP contribution < -0.4 is 20.1 Å². The van der Waals surface area contributed by atoms with Gasteiger partial charge in [-0.3, -0.25) is 9.59 Å². The van der Waals surface area contributed by atoms with Gasteiger partial charge in [-0.1, -0.05) is 32.0 Å². The van der Waals surface area contributed by atoms with Crippen LogP contribution in [0.25, 0.3) is 0 Å². The maximum absolute atomic E-state index is 12.3. The van der Waals surface area contributed by atoms with E-state index in [2.05, 4.69) is 24.5 Å². The van der Waals surface area contributed by atoms with Crippen molar-refractivity contribution in [2.75, 3.05) is 24.9 Å². The molecule has 0 spiro atoms. The summed E-state index contributed by atoms with van der Waals surface area (Å²) in [5.41, 5.74) is 2.00. The highest BCUT2D eigenvalue weighted by Crippen LogP contribution is 2.29. The second kappa shape index (κ2) is 8.89. The summed E-state index contributed by atoms with van der Waals surface area (Å²) in [5.74, 6) is -0.273. The number of carbonyl (C=O) groups excluding carboxylic acids is 2. The quantitative estimate of drug-likeness (QED) is 0.772. The Morgan fingerprint density at radius 1 is 0.962 bits per heavy atom. The third kappa shape index (κ3) is 4.53. The van der Waals surface area contributed by atoms with Gasteiger partial charge in [-0.15, -0.1) is 0 Å². The first-order valence-corrected chi connectivity index (χ1v) is 8.43. The maximum atomic E-state index is 12.3. The number of amides is 2. The molecule has 0 aliphatic rings. The van der Waals surface area contributed by atoms with Crippen molar-refractivity contribution >= 4 is 23.2 Å². The molecule has 0 aromatic heterocycles. The molecule has 1 atom stereocenters. The topological polar surface area (TPSA) is 76.7 Å². The molecule has 138 valence electrons. The molecule has 0 aliphatic carbocycles. The van der Waals surface area contributed by atoms with Crippen LogP contribution in [0.4, 0.5) is 11.4 Å². The molecule has 6 heteroatoms. The number of ether oxygens (including phenoxy) is 2. The second-order valence-electron chi connectivity index (χ2n) is 5.87. The standard InChI is InChI=1S/C20H24N2O4/c1-5-13(2)15-8-6-7-9-16(15)21-19(23)20(24)22-17-12-14(25-3)10-11-18(17)26-4/h6-13H,5H2,1-4H3,(H,21,23)(H,22,24). The van der Waals surface area contributed by atoms with E-state index >= 15 is 0 Å². The lowest BCUT2D eigenvalue weighted by Gasteiger charge is -2.16. The predicted molar refractivity (Wildman–Crippen MR) is 102 cm³/mol. The smallest absolute Gasteiger partial charge is 0.314 e. The van der Waals surface area contributed by atoms with Gasteiger partial charge in [0.2, 0.25) is 0 Å². The van der Waals surface area contributed by atoms with E-state index in [0.29, 0.717) is 22.9 Å². The lowest BCUT2D eigenvalue weighted by molar-refractivity contribution is -0.133. The highest BCUT2D eigenvalue weighted by Gasteiger charge is 2.18. The summed E-state index contributed by atoms with van der Waals surface area (Å²) in [7, 11) is 3.01. The number of nitrogens with one attached hydrogen (secondary N) is 2. The molecule has 6 nitrogen and oxygen atoms in total. The van der Waals surface area contributed by atoms with Crippen molar-refractivity contribution in [3.63, 3.8) is 0 Å². The molecule has 1 unspecified atom stereocenters. The first kappa shape index (κ1) is 19.3. The van der Waals surface area contributed by atoms with Gasteiger partial charge in [0.1, 0.15) is 11.5 Å². The summed E-state index contributed by atoms with van der Waals surface area (Å²) in [6.07, 6.45) is 0.931. The monoisotopic (exact) mass is 356 g/mol. The van der Waals surface area contributed by atoms with Crippen molar-refractivity contribution in [1.29, 1.82) is 0 Å². The highest BCUT2D eigenvalue weighted by molar-refractivity contribution is 6.43. The average Bonchev–Trinajstić information content (AvgIpc) is 2.67. The van der Waals surface area contributed by atoms with Gasteiger partial charge in [0.15, 0.2) is 0 Å². The van der Waals surface area contributed by atoms with Crippen LogP contribution in [0.5, 0.6) is 11.5 Å². The Morgan fingerprint density at radius 2 is 1.62 bits per heavy atom. The Labute approximate surface area is 153 Å². The van der Waals surface area contributed by atoms with Crippen molar-refractivity contribution < 1.29 is 19.1 Å². The van der Waals surface area contributed by atoms with Crippen LogP contribution in [0.1, 0.15) is 31.7 Å². The number of para-hydroxylation sites is 1. The second-order valence-corrected chi connectivity index (χ2v) is 5.87. The molecular weight excluding hydrogens is 332 g/mol. The minimum Gasteiger partial charge on any atom is -0.497 e. The zero-order valence-corrected chi connectivity index (χ0v) is 15.5. The van der Waals surface area contributed by atoms with Crippen molar-refractivity contribution in [3.8, 4) is 11.5 Å². The van der Waals surface area contributed by atoms with Crippen molar-refractivity contribution in [2.24, 2.45) is 0 Å². The zero-order valence-electron chi connectivity index (χ0n) is 15.5. The number of benzene rings is 2. The van der Waals surface area contributed by atoms with Crippen LogP contribution in [-0.2, 0) is 9.59 Å². The molecule has 0 heterocycles. The van der Waals surface area contributed by atoms with Crippen LogP contribution in [0, 0.1) is 0 Å². The molecule has 2 amide bonds. The fourth-order valence-electron chi connectivity index (χ4n) is 2.53. The third-order valence-corrected chi connectivity index (χ3v) is 4.21. The molecule has 2 aromatic carbocycles. The average molecular weight is 356 g/mol. The fourth-order valence-corrected chi connectivity index (χ4v) is 2.53. The molecule has 2 rings (SSSR count). The Morgan fingerprint density at radius 3 is 2.23 bits per heavy atom. The van der Waals surface area contributed by atoms with Gasteiger partial charge < -0.3 is 20.1 Å². The Hall–Kier alpha value is -3.02. The summed E-state index contributed by atoms with van der Waals surface area (Å²) in [5, 5.41) is 5.25. The maximum Gasteiger partial charge on any atom is 0.314 e. The van der Waals surface area contributed by atoms with E-state index in [1.165, 1.54) is 14.2 Å². The largest absolute Gasteiger partial charge is 0.497 e. The number of hydrogen-bond acceptors (Lipinski definition) is 4. The van der Waals surface area contributed by atoms with Crippen molar-refractivity contribution in [2.45, 2.75) is 26.2 Å². The Kier molecular flexibility index (Phi) is 6.60. The Bertz CT molecular complexity index is 789. The molecule has 0 fully saturated rings. The lowest BCUT2D eigenvalue weighted by atomic mass is 9.97. The summed E-state index contributed by atoms with van der Waals surface area (Å²) >= 11 is 0. The van der Waals surface area contributed by atoms with E-state index < -0.39 is 11.8 Å². The van der Waals surface area contributed by atoms with Gasteiger partial charge in [-0.05, 0) is 36.1 Å². The van der Waals surface area contributed by atoms with Crippen molar-refractivity contribution in [1.82, 2.24) is 0 Å². The van der Waals surface area contributed by atoms with E-state index in [1.807, 2.05) is 18.2 Å². The van der Waals surface area contributed by atoms with Gasteiger partial charge in [0, 0.05) is 11.8 Å². The number of hydrogen-bond donors (Lipinski definition) is 2. The molecular formula is C20H24N2O4. The predicted octanol–water partition coefficient (Wildman–Crippen LogP) is 3.79. The van der Waals surface area contributed by atoms with Gasteiger partial charge in [0.05, 0.1) is 19.9 Å². The highest BCUT2D eigenvalue weighted by atomic mass is 16.5. The van der Waals surface area contributed by atoms with Crippen LogP contribution in [0.15, 0.2) is 42.5 Å². The number of carbonyl (C=O) groups is 2. The minimum atomic E-state index is -0.782. The van der Waals surface area contributed by atoms with Crippen LogP contribution >= 0.6 is 0 Å². The molecule has 0 saturated carbocycles. The van der Waals surface area contributed by atoms with Gasteiger partial charge >= 0.3 is 11.8 Å². The number of anilines is 2. The summed E-state index contributed by atoms with van der Waals surface area (Å²) in [6.45, 7) is 4.15. The molecule has 2 aromatic rings. The summed E-state index contributed by atoms with van der Waals surface area (Å²) in [4.78, 5) is 24.7. The first-order chi connectivity index (χ1) is 12.5. The molecule has 0 aliphatic heterocycles. The van der Waals surface area contributed by atoms with E-state index in [1.54, 1.807) is 24.3 Å². The third-order valence-electron chi connectivity index (χ3n) is 4.21. The number of methoxy groups -OCH3 is 2. The number of rotatable bonds is 6. The lowest BCUT2D eigenvalue weighted by Crippen LogP contribution is -2.29. The van der Waals surface area contributed by atoms with E-state index in [4.69, 9.17) is 9.47 Å². The van der Waals surface area contributed by atoms with E-state index in [-0.39, 0.29) is 5.92 Å². The molecule has 0 bridgehead atoms. The minimum absolute atomic E-state index is 0.271. The van der Waals surface area contributed by atoms with Crippen LogP contribution in [-0.4, -0.2) is 26.0 Å². The molecule has 2 N–H and O–H groups in total. The first-order valence-electron chi connectivity index (χ1n) is 8.43. The normalized spacial score (nSPS) is 11.4. The van der Waals surface area contributed by atoms with Crippen LogP contribution in [0.2, 0.25) is 0 Å². The Balaban J connectivity index is 2.16.